The number of ether oxygens (including phenoxy) is 1. The molecule has 1 aliphatic rings. The number of esters is 1. The van der Waals surface area contributed by atoms with Gasteiger partial charge >= 0.3 is 5.97 Å². The van der Waals surface area contributed by atoms with Crippen LogP contribution in [-0.4, -0.2) is 27.0 Å². The monoisotopic (exact) mass is 394 g/mol. The Morgan fingerprint density at radius 1 is 1.30 bits per heavy atom. The van der Waals surface area contributed by atoms with Crippen LogP contribution in [0.2, 0.25) is 18.1 Å². The van der Waals surface area contributed by atoms with Crippen molar-refractivity contribution in [3.8, 4) is 0 Å². The maximum Gasteiger partial charge on any atom is 0.302 e. The summed E-state index contributed by atoms with van der Waals surface area (Å²) >= 11 is 0. The van der Waals surface area contributed by atoms with Gasteiger partial charge in [-0.05, 0) is 68.1 Å². The van der Waals surface area contributed by atoms with Crippen LogP contribution in [0.15, 0.2) is 23.8 Å². The lowest BCUT2D eigenvalue weighted by molar-refractivity contribution is -0.139. The largest absolute Gasteiger partial charge is 0.462 e. The van der Waals surface area contributed by atoms with Gasteiger partial charge in [0.1, 0.15) is 6.61 Å². The smallest absolute Gasteiger partial charge is 0.302 e. The molecule has 0 aromatic carbocycles. The third-order valence-corrected chi connectivity index (χ3v) is 11.2. The summed E-state index contributed by atoms with van der Waals surface area (Å²) in [5, 5.41) is 0.225. The molecule has 0 N–H and O–H groups in total. The molecule has 0 aliphatic heterocycles. The topological polar surface area (TPSA) is 35.5 Å². The molecular weight excluding hydrogens is 352 g/mol. The van der Waals surface area contributed by atoms with Crippen molar-refractivity contribution in [1.29, 1.82) is 0 Å². The fourth-order valence-corrected chi connectivity index (χ4v) is 5.19. The van der Waals surface area contributed by atoms with Crippen molar-refractivity contribution in [2.24, 2.45) is 11.3 Å². The summed E-state index contributed by atoms with van der Waals surface area (Å²) in [5.74, 6) is 0.226. The van der Waals surface area contributed by atoms with E-state index in [1.54, 1.807) is 0 Å². The van der Waals surface area contributed by atoms with Gasteiger partial charge < -0.3 is 9.16 Å². The van der Waals surface area contributed by atoms with E-state index in [2.05, 4.69) is 61.2 Å². The molecule has 27 heavy (non-hydrogen) atoms. The van der Waals surface area contributed by atoms with Crippen molar-refractivity contribution in [1.82, 2.24) is 0 Å². The van der Waals surface area contributed by atoms with E-state index >= 15 is 0 Å². The summed E-state index contributed by atoms with van der Waals surface area (Å²) in [6.07, 6.45) is 6.52. The Morgan fingerprint density at radius 3 is 2.41 bits per heavy atom. The van der Waals surface area contributed by atoms with Crippen molar-refractivity contribution >= 4 is 14.3 Å². The first kappa shape index (κ1) is 24.2. The second-order valence-electron chi connectivity index (χ2n) is 10.3. The lowest BCUT2D eigenvalue weighted by atomic mass is 9.63. The van der Waals surface area contributed by atoms with E-state index in [9.17, 15) is 4.79 Å². The van der Waals surface area contributed by atoms with Gasteiger partial charge in [-0.3, -0.25) is 4.79 Å². The fourth-order valence-electron chi connectivity index (χ4n) is 3.71. The molecule has 0 heterocycles. The molecule has 1 aliphatic carbocycles. The van der Waals surface area contributed by atoms with Crippen LogP contribution < -0.4 is 0 Å². The minimum atomic E-state index is -1.80. The van der Waals surface area contributed by atoms with Crippen LogP contribution in [0.1, 0.15) is 74.1 Å². The fraction of sp³-hybridized carbons (Fsp3) is 0.783. The van der Waals surface area contributed by atoms with Crippen LogP contribution in [0, 0.1) is 11.3 Å². The van der Waals surface area contributed by atoms with Crippen LogP contribution in [0.25, 0.3) is 0 Å². The molecule has 0 unspecified atom stereocenters. The minimum Gasteiger partial charge on any atom is -0.462 e. The summed E-state index contributed by atoms with van der Waals surface area (Å²) in [7, 11) is -1.80. The Morgan fingerprint density at radius 2 is 1.89 bits per heavy atom. The Balaban J connectivity index is 2.82. The summed E-state index contributed by atoms with van der Waals surface area (Å²) in [5.41, 5.74) is 2.72. The lowest BCUT2D eigenvalue weighted by Crippen LogP contribution is -2.51. The number of hydrogen-bond acceptors (Lipinski definition) is 3. The summed E-state index contributed by atoms with van der Waals surface area (Å²) in [6.45, 7) is 24.7. The zero-order chi connectivity index (χ0) is 21.0. The lowest BCUT2D eigenvalue weighted by Gasteiger charge is -2.50. The van der Waals surface area contributed by atoms with Gasteiger partial charge in [-0.2, -0.15) is 0 Å². The van der Waals surface area contributed by atoms with E-state index in [-0.39, 0.29) is 16.4 Å². The number of hydrogen-bond donors (Lipinski definition) is 0. The van der Waals surface area contributed by atoms with Crippen LogP contribution in [-0.2, 0) is 14.0 Å². The third-order valence-electron chi connectivity index (χ3n) is 6.74. The molecule has 2 atom stereocenters. The molecule has 0 bridgehead atoms. The first-order valence-electron chi connectivity index (χ1n) is 10.3. The molecule has 4 heteroatoms. The predicted molar refractivity (Wildman–Crippen MR) is 117 cm³/mol. The molecule has 3 nitrogen and oxygen atoms in total. The normalized spacial score (nSPS) is 24.0. The van der Waals surface area contributed by atoms with Gasteiger partial charge in [0.2, 0.25) is 0 Å². The Labute approximate surface area is 168 Å². The zero-order valence-corrected chi connectivity index (χ0v) is 20.2. The van der Waals surface area contributed by atoms with Crippen LogP contribution in [0.3, 0.4) is 0 Å². The standard InChI is InChI=1S/C23H42O3Si/c1-17(15-16-25-19(3)24)11-13-20-18(2)12-14-21(23(20,7)8)26-27(9,10)22(4,5)6/h15,20-21H,2,11-14,16H2,1,3-10H3/b17-15+/t20-,21+/m1/s1. The van der Waals surface area contributed by atoms with E-state index in [1.807, 2.05) is 6.08 Å². The zero-order valence-electron chi connectivity index (χ0n) is 19.2. The van der Waals surface area contributed by atoms with Gasteiger partial charge in [-0.1, -0.05) is 52.3 Å². The molecule has 1 rings (SSSR count). The first-order valence-corrected chi connectivity index (χ1v) is 13.2. The molecule has 0 spiro atoms. The SMILES string of the molecule is C=C1CC[C@H](O[Si](C)(C)C(C)(C)C)C(C)(C)[C@@H]1CC/C(C)=C/COC(C)=O. The van der Waals surface area contributed by atoms with E-state index in [1.165, 1.54) is 18.1 Å². The van der Waals surface area contributed by atoms with Crippen LogP contribution in [0.5, 0.6) is 0 Å². The van der Waals surface area contributed by atoms with Crippen LogP contribution in [0.4, 0.5) is 0 Å². The highest BCUT2D eigenvalue weighted by atomic mass is 28.4. The van der Waals surface area contributed by atoms with E-state index in [0.717, 1.165) is 25.7 Å². The maximum absolute atomic E-state index is 10.9. The molecule has 156 valence electrons. The Hall–Kier alpha value is -0.873. The maximum atomic E-state index is 10.9. The molecule has 0 aromatic rings. The molecule has 1 saturated carbocycles. The second kappa shape index (κ2) is 9.08. The number of carbonyl (C=O) groups excluding carboxylic acids is 1. The quantitative estimate of drug-likeness (QED) is 0.275. The van der Waals surface area contributed by atoms with E-state index in [0.29, 0.717) is 18.6 Å². The van der Waals surface area contributed by atoms with Gasteiger partial charge in [0.25, 0.3) is 0 Å². The predicted octanol–water partition coefficient (Wildman–Crippen LogP) is 6.66. The highest BCUT2D eigenvalue weighted by Crippen LogP contribution is 2.50. The van der Waals surface area contributed by atoms with Gasteiger partial charge in [-0.25, -0.2) is 0 Å². The van der Waals surface area contributed by atoms with E-state index < -0.39 is 8.32 Å². The van der Waals surface area contributed by atoms with Crippen molar-refractivity contribution in [3.63, 3.8) is 0 Å². The molecular formula is C23H42O3Si. The third kappa shape index (κ3) is 6.60. The number of rotatable bonds is 7. The number of allylic oxidation sites excluding steroid dienone is 2. The Kier molecular flexibility index (Phi) is 8.13. The molecule has 1 fully saturated rings. The van der Waals surface area contributed by atoms with Crippen LogP contribution >= 0.6 is 0 Å². The Bertz CT molecular complexity index is 567. The first-order chi connectivity index (χ1) is 12.2. The molecule has 0 aromatic heterocycles. The van der Waals surface area contributed by atoms with Gasteiger partial charge in [0.15, 0.2) is 8.32 Å². The molecule has 0 amide bonds. The summed E-state index contributed by atoms with van der Waals surface area (Å²) in [4.78, 5) is 10.9. The molecule has 0 saturated heterocycles. The van der Waals surface area contributed by atoms with Gasteiger partial charge in [0, 0.05) is 6.92 Å². The average Bonchev–Trinajstić information content (AvgIpc) is 2.48. The van der Waals surface area contributed by atoms with Crippen molar-refractivity contribution in [2.45, 2.75) is 98.4 Å². The molecule has 0 radical (unpaired) electrons. The van der Waals surface area contributed by atoms with Crippen molar-refractivity contribution in [3.05, 3.63) is 23.8 Å². The minimum absolute atomic E-state index is 0.0843. The van der Waals surface area contributed by atoms with Gasteiger partial charge in [0.05, 0.1) is 6.10 Å². The highest BCUT2D eigenvalue weighted by molar-refractivity contribution is 6.74. The summed E-state index contributed by atoms with van der Waals surface area (Å²) < 4.78 is 11.9. The second-order valence-corrected chi connectivity index (χ2v) is 15.1. The van der Waals surface area contributed by atoms with Crippen molar-refractivity contribution in [2.75, 3.05) is 6.61 Å². The van der Waals surface area contributed by atoms with Gasteiger partial charge in [-0.15, -0.1) is 0 Å². The summed E-state index contributed by atoms with van der Waals surface area (Å²) in [6, 6.07) is 0. The highest BCUT2D eigenvalue weighted by Gasteiger charge is 2.47. The van der Waals surface area contributed by atoms with E-state index in [4.69, 9.17) is 9.16 Å². The number of carbonyl (C=O) groups is 1. The van der Waals surface area contributed by atoms with Crippen molar-refractivity contribution < 1.29 is 14.0 Å². The average molecular weight is 395 g/mol.